The van der Waals surface area contributed by atoms with Crippen LogP contribution >= 0.6 is 22.9 Å². The number of benzene rings is 2. The summed E-state index contributed by atoms with van der Waals surface area (Å²) in [5.41, 5.74) is 5.44. The Morgan fingerprint density at radius 1 is 1.34 bits per heavy atom. The number of fused-ring (bicyclic) bond motifs is 3. The zero-order valence-corrected chi connectivity index (χ0v) is 26.9. The van der Waals surface area contributed by atoms with Crippen LogP contribution in [0, 0.1) is 18.2 Å². The Balaban J connectivity index is 1.36. The minimum absolute atomic E-state index is 0.00254. The smallest absolute Gasteiger partial charge is 0.320 e. The fourth-order valence-electron chi connectivity index (χ4n) is 7.33. The Hall–Kier alpha value is -4.12. The van der Waals surface area contributed by atoms with Crippen molar-refractivity contribution in [2.75, 3.05) is 32.0 Å². The van der Waals surface area contributed by atoms with E-state index in [1.165, 1.54) is 24.3 Å². The number of rotatable bonds is 7. The lowest BCUT2D eigenvalue weighted by atomic mass is 9.95. The Bertz CT molecular complexity index is 2000. The zero-order valence-electron chi connectivity index (χ0n) is 25.4. The highest BCUT2D eigenvalue weighted by Gasteiger charge is 2.49. The molecule has 244 valence electrons. The highest BCUT2D eigenvalue weighted by atomic mass is 35.5. The maximum absolute atomic E-state index is 16.8. The van der Waals surface area contributed by atoms with Crippen LogP contribution in [0.1, 0.15) is 32.6 Å². The minimum atomic E-state index is -0.971. The van der Waals surface area contributed by atoms with Gasteiger partial charge in [0, 0.05) is 36.9 Å². The van der Waals surface area contributed by atoms with Gasteiger partial charge in [-0.1, -0.05) is 24.2 Å². The molecule has 0 spiro atoms. The van der Waals surface area contributed by atoms with Gasteiger partial charge in [-0.25, -0.2) is 18.0 Å². The van der Waals surface area contributed by atoms with E-state index in [4.69, 9.17) is 33.4 Å². The van der Waals surface area contributed by atoms with E-state index in [0.29, 0.717) is 25.9 Å². The molecule has 2 aromatic carbocycles. The number of halogens is 4. The molecule has 5 heterocycles. The summed E-state index contributed by atoms with van der Waals surface area (Å²) in [5.74, 6) is -1.69. The normalized spacial score (nSPS) is 24.2. The first-order valence-corrected chi connectivity index (χ1v) is 16.4. The fourth-order valence-corrected chi connectivity index (χ4v) is 8.56. The van der Waals surface area contributed by atoms with Gasteiger partial charge in [0.25, 0.3) is 0 Å². The maximum atomic E-state index is 16.8. The number of carbonyl (C=O) groups excluding carboxylic acids is 1. The van der Waals surface area contributed by atoms with Crippen LogP contribution in [-0.2, 0) is 4.79 Å². The first-order chi connectivity index (χ1) is 22.5. The first-order valence-electron chi connectivity index (χ1n) is 15.2. The molecule has 2 aromatic heterocycles. The van der Waals surface area contributed by atoms with Crippen LogP contribution in [0.25, 0.3) is 37.0 Å². The van der Waals surface area contributed by atoms with Gasteiger partial charge in [0.2, 0.25) is 17.5 Å². The van der Waals surface area contributed by atoms with Crippen LogP contribution in [0.5, 0.6) is 11.9 Å². The number of amides is 1. The van der Waals surface area contributed by atoms with Crippen molar-refractivity contribution in [3.8, 4) is 23.0 Å². The third kappa shape index (κ3) is 5.14. The van der Waals surface area contributed by atoms with Gasteiger partial charge < -0.3 is 20.1 Å². The number of alkyl halides is 1. The number of nitrogen functional groups attached to an aromatic ring is 1. The summed E-state index contributed by atoms with van der Waals surface area (Å²) in [6.07, 6.45) is 2.23. The second-order valence-corrected chi connectivity index (χ2v) is 13.7. The van der Waals surface area contributed by atoms with E-state index in [-0.39, 0.29) is 78.3 Å². The van der Waals surface area contributed by atoms with E-state index in [2.05, 4.69) is 26.3 Å². The van der Waals surface area contributed by atoms with Crippen molar-refractivity contribution < 1.29 is 27.4 Å². The quantitative estimate of drug-likeness (QED) is 0.164. The number of ether oxygens (including phenoxy) is 2. The number of carbonyl (C=O) groups is 1. The standard InChI is InChI=1S/C33H30ClF3N6O3S/c1-4-23(44)43-11-8-22(16(43)2)46-31-19-12-20(34)24(18-6-7-21(36)29-25(18)28(39-3)30(38)47-29)26(37)27(19)40-32(41-31)45-15-33-9-5-10-42(33)14-17(35)13-33/h4,6-7,12,16-17,22H,1,5,8-11,13-15,38H2,2H3. The average molecular weight is 683 g/mol. The largest absolute Gasteiger partial charge is 0.471 e. The Kier molecular flexibility index (Phi) is 7.93. The lowest BCUT2D eigenvalue weighted by Gasteiger charge is -2.31. The highest BCUT2D eigenvalue weighted by molar-refractivity contribution is 7.23. The molecule has 3 aliphatic rings. The molecule has 0 saturated carbocycles. The van der Waals surface area contributed by atoms with Crippen LogP contribution in [0.3, 0.4) is 0 Å². The van der Waals surface area contributed by atoms with Crippen molar-refractivity contribution in [2.45, 2.75) is 56.5 Å². The summed E-state index contributed by atoms with van der Waals surface area (Å²) in [5, 5.41) is 0.362. The van der Waals surface area contributed by atoms with Gasteiger partial charge in [0.05, 0.1) is 38.3 Å². The second kappa shape index (κ2) is 11.8. The van der Waals surface area contributed by atoms with Gasteiger partial charge in [0.15, 0.2) is 5.82 Å². The summed E-state index contributed by atoms with van der Waals surface area (Å²) < 4.78 is 58.7. The van der Waals surface area contributed by atoms with Gasteiger partial charge in [-0.05, 0) is 50.1 Å². The molecule has 0 aliphatic carbocycles. The average Bonchev–Trinajstić information content (AvgIpc) is 3.78. The summed E-state index contributed by atoms with van der Waals surface area (Å²) >= 11 is 7.66. The maximum Gasteiger partial charge on any atom is 0.320 e. The zero-order chi connectivity index (χ0) is 33.2. The van der Waals surface area contributed by atoms with Crippen LogP contribution in [0.4, 0.5) is 23.9 Å². The molecule has 3 fully saturated rings. The predicted molar refractivity (Wildman–Crippen MR) is 175 cm³/mol. The Morgan fingerprint density at radius 3 is 2.91 bits per heavy atom. The second-order valence-electron chi connectivity index (χ2n) is 12.3. The molecule has 14 heteroatoms. The summed E-state index contributed by atoms with van der Waals surface area (Å²) in [6, 6.07) is 3.49. The monoisotopic (exact) mass is 682 g/mol. The van der Waals surface area contributed by atoms with E-state index in [9.17, 15) is 13.6 Å². The lowest BCUT2D eigenvalue weighted by Crippen LogP contribution is -2.43. The summed E-state index contributed by atoms with van der Waals surface area (Å²) in [7, 11) is 0. The van der Waals surface area contributed by atoms with Crippen LogP contribution < -0.4 is 15.2 Å². The molecule has 3 saturated heterocycles. The third-order valence-electron chi connectivity index (χ3n) is 9.64. The van der Waals surface area contributed by atoms with E-state index in [1.807, 2.05) is 6.92 Å². The highest BCUT2D eigenvalue weighted by Crippen LogP contribution is 2.49. The van der Waals surface area contributed by atoms with Gasteiger partial charge in [-0.2, -0.15) is 9.97 Å². The van der Waals surface area contributed by atoms with Gasteiger partial charge in [0.1, 0.15) is 30.2 Å². The van der Waals surface area contributed by atoms with Crippen LogP contribution in [0.2, 0.25) is 5.02 Å². The number of hydrogen-bond donors (Lipinski definition) is 1. The molecule has 4 aromatic rings. The molecule has 2 N–H and O–H groups in total. The van der Waals surface area contributed by atoms with Crippen molar-refractivity contribution >= 4 is 60.5 Å². The van der Waals surface area contributed by atoms with Gasteiger partial charge >= 0.3 is 6.01 Å². The van der Waals surface area contributed by atoms with E-state index >= 15 is 4.39 Å². The Morgan fingerprint density at radius 2 is 2.15 bits per heavy atom. The minimum Gasteiger partial charge on any atom is -0.471 e. The number of thiophene rings is 1. The number of nitrogens with zero attached hydrogens (tertiary/aromatic N) is 5. The number of aromatic nitrogens is 2. The molecule has 1 amide bonds. The molecule has 4 atom stereocenters. The van der Waals surface area contributed by atoms with Crippen molar-refractivity contribution in [3.63, 3.8) is 0 Å². The van der Waals surface area contributed by atoms with Crippen molar-refractivity contribution in [3.05, 3.63) is 58.9 Å². The molecular formula is C33H30ClF3N6O3S. The molecular weight excluding hydrogens is 653 g/mol. The topological polar surface area (TPSA) is 98.2 Å². The van der Waals surface area contributed by atoms with E-state index in [0.717, 1.165) is 30.7 Å². The van der Waals surface area contributed by atoms with Gasteiger partial charge in [-0.15, -0.1) is 11.3 Å². The first kappa shape index (κ1) is 31.5. The molecule has 4 unspecified atom stereocenters. The predicted octanol–water partition coefficient (Wildman–Crippen LogP) is 7.09. The summed E-state index contributed by atoms with van der Waals surface area (Å²) in [4.78, 5) is 28.6. The van der Waals surface area contributed by atoms with Gasteiger partial charge in [-0.3, -0.25) is 9.69 Å². The SMILES string of the molecule is [C-]#[N+]c1c(N)sc2c(F)ccc(-c3c(Cl)cc4c(OC5CCN(C(=O)C=C)C5C)nc(OCC56CCCN5CC(F)C6)nc4c3F)c12. The molecule has 47 heavy (non-hydrogen) atoms. The van der Waals surface area contributed by atoms with E-state index in [1.54, 1.807) is 4.90 Å². The molecule has 0 radical (unpaired) electrons. The summed E-state index contributed by atoms with van der Waals surface area (Å²) in [6.45, 7) is 14.7. The number of anilines is 1. The van der Waals surface area contributed by atoms with Crippen molar-refractivity contribution in [1.82, 2.24) is 19.8 Å². The molecule has 9 nitrogen and oxygen atoms in total. The lowest BCUT2D eigenvalue weighted by molar-refractivity contribution is -0.127. The molecule has 3 aliphatic heterocycles. The van der Waals surface area contributed by atoms with Crippen LogP contribution in [-0.4, -0.2) is 75.8 Å². The Labute approximate surface area is 277 Å². The number of nitrogens with two attached hydrogens (primary N) is 1. The van der Waals surface area contributed by atoms with Crippen LogP contribution in [0.15, 0.2) is 30.9 Å². The molecule has 0 bridgehead atoms. The third-order valence-corrected chi connectivity index (χ3v) is 11.0. The number of likely N-dealkylation sites (tertiary alicyclic amines) is 1. The fraction of sp³-hybridized carbons (Fsp3) is 0.394. The van der Waals surface area contributed by atoms with Crippen molar-refractivity contribution in [1.29, 1.82) is 0 Å². The van der Waals surface area contributed by atoms with Crippen molar-refractivity contribution in [2.24, 2.45) is 0 Å². The molecule has 7 rings (SSSR count). The number of hydrogen-bond acceptors (Lipinski definition) is 8. The van der Waals surface area contributed by atoms with E-state index < -0.39 is 29.4 Å².